The summed E-state index contributed by atoms with van der Waals surface area (Å²) in [5.74, 6) is 1.58. The average Bonchev–Trinajstić information content (AvgIpc) is 2.59. The molecule has 0 unspecified atom stereocenters. The number of hydrogen-bond donors (Lipinski definition) is 1. The zero-order valence-corrected chi connectivity index (χ0v) is 13.0. The van der Waals surface area contributed by atoms with Gasteiger partial charge in [0.25, 0.3) is 0 Å². The van der Waals surface area contributed by atoms with Gasteiger partial charge in [0, 0.05) is 6.54 Å². The monoisotopic (exact) mass is 295 g/mol. The molecule has 114 valence electrons. The fourth-order valence-electron chi connectivity index (χ4n) is 2.86. The maximum Gasteiger partial charge on any atom is 0.161 e. The molecule has 3 heteroatoms. The molecule has 0 bridgehead atoms. The first-order valence-electron chi connectivity index (χ1n) is 7.53. The predicted octanol–water partition coefficient (Wildman–Crippen LogP) is 3.60. The standard InChI is InChI=1S/C19H21NO2/c1-21-18-12-15-10-11-20-17(16(15)13-19(18)22-2)9-8-14-6-4-3-5-7-14/h3-9,12-13,17,20H,10-11H2,1-2H3/b9-8+/t17-/m1/s1. The molecule has 0 aromatic heterocycles. The van der Waals surface area contributed by atoms with E-state index in [0.29, 0.717) is 0 Å². The number of rotatable bonds is 4. The summed E-state index contributed by atoms with van der Waals surface area (Å²) in [6.45, 7) is 0.965. The summed E-state index contributed by atoms with van der Waals surface area (Å²) in [5, 5.41) is 3.55. The van der Waals surface area contributed by atoms with Gasteiger partial charge in [-0.15, -0.1) is 0 Å². The second-order valence-corrected chi connectivity index (χ2v) is 5.36. The Labute approximate surface area is 131 Å². The SMILES string of the molecule is COc1cc2c(cc1OC)[C@@H](/C=C/c1ccccc1)NCC2. The Morgan fingerprint density at radius 2 is 1.77 bits per heavy atom. The topological polar surface area (TPSA) is 30.5 Å². The number of fused-ring (bicyclic) bond motifs is 1. The minimum atomic E-state index is 0.198. The maximum absolute atomic E-state index is 5.44. The van der Waals surface area contributed by atoms with Crippen LogP contribution in [0.1, 0.15) is 22.7 Å². The van der Waals surface area contributed by atoms with Crippen LogP contribution in [0, 0.1) is 0 Å². The molecular formula is C19H21NO2. The van der Waals surface area contributed by atoms with E-state index in [9.17, 15) is 0 Å². The molecule has 0 saturated carbocycles. The molecule has 1 heterocycles. The molecule has 0 radical (unpaired) electrons. The van der Waals surface area contributed by atoms with Crippen LogP contribution < -0.4 is 14.8 Å². The van der Waals surface area contributed by atoms with Gasteiger partial charge in [0.1, 0.15) is 0 Å². The Hall–Kier alpha value is -2.26. The maximum atomic E-state index is 5.44. The Kier molecular flexibility index (Phi) is 4.45. The van der Waals surface area contributed by atoms with Crippen molar-refractivity contribution < 1.29 is 9.47 Å². The lowest BCUT2D eigenvalue weighted by Gasteiger charge is -2.26. The molecule has 0 aliphatic carbocycles. The molecule has 0 fully saturated rings. The third-order valence-corrected chi connectivity index (χ3v) is 4.02. The van der Waals surface area contributed by atoms with Crippen LogP contribution in [-0.4, -0.2) is 20.8 Å². The van der Waals surface area contributed by atoms with Gasteiger partial charge in [0.15, 0.2) is 11.5 Å². The molecule has 1 atom stereocenters. The number of benzene rings is 2. The number of nitrogens with one attached hydrogen (secondary N) is 1. The van der Waals surface area contributed by atoms with Crippen molar-refractivity contribution in [1.29, 1.82) is 0 Å². The lowest BCUT2D eigenvalue weighted by molar-refractivity contribution is 0.353. The third-order valence-electron chi connectivity index (χ3n) is 4.02. The van der Waals surface area contributed by atoms with Crippen molar-refractivity contribution in [1.82, 2.24) is 5.32 Å². The van der Waals surface area contributed by atoms with Gasteiger partial charge in [-0.3, -0.25) is 0 Å². The van der Waals surface area contributed by atoms with Gasteiger partial charge in [-0.2, -0.15) is 0 Å². The largest absolute Gasteiger partial charge is 0.493 e. The van der Waals surface area contributed by atoms with Crippen molar-refractivity contribution in [2.75, 3.05) is 20.8 Å². The zero-order valence-electron chi connectivity index (χ0n) is 13.0. The quantitative estimate of drug-likeness (QED) is 0.935. The van der Waals surface area contributed by atoms with Gasteiger partial charge >= 0.3 is 0 Å². The van der Waals surface area contributed by atoms with Crippen LogP contribution >= 0.6 is 0 Å². The molecule has 2 aromatic carbocycles. The average molecular weight is 295 g/mol. The highest BCUT2D eigenvalue weighted by Crippen LogP contribution is 2.35. The lowest BCUT2D eigenvalue weighted by atomic mass is 9.93. The first kappa shape index (κ1) is 14.7. The molecule has 1 aliphatic heterocycles. The summed E-state index contributed by atoms with van der Waals surface area (Å²) in [4.78, 5) is 0. The van der Waals surface area contributed by atoms with Gasteiger partial charge in [-0.05, 0) is 35.2 Å². The molecule has 0 spiro atoms. The van der Waals surface area contributed by atoms with E-state index in [1.54, 1.807) is 14.2 Å². The lowest BCUT2D eigenvalue weighted by Crippen LogP contribution is -2.28. The third kappa shape index (κ3) is 3.00. The van der Waals surface area contributed by atoms with Crippen molar-refractivity contribution in [2.24, 2.45) is 0 Å². The van der Waals surface area contributed by atoms with Gasteiger partial charge in [-0.25, -0.2) is 0 Å². The smallest absolute Gasteiger partial charge is 0.161 e. The van der Waals surface area contributed by atoms with Crippen LogP contribution in [0.4, 0.5) is 0 Å². The van der Waals surface area contributed by atoms with Crippen molar-refractivity contribution in [3.63, 3.8) is 0 Å². The van der Waals surface area contributed by atoms with Crippen molar-refractivity contribution in [3.8, 4) is 11.5 Å². The van der Waals surface area contributed by atoms with E-state index in [2.05, 4.69) is 53.9 Å². The van der Waals surface area contributed by atoms with E-state index in [1.807, 2.05) is 6.07 Å². The van der Waals surface area contributed by atoms with Crippen molar-refractivity contribution in [3.05, 3.63) is 65.2 Å². The molecule has 1 N–H and O–H groups in total. The van der Waals surface area contributed by atoms with Crippen LogP contribution in [0.2, 0.25) is 0 Å². The Morgan fingerprint density at radius 1 is 1.05 bits per heavy atom. The van der Waals surface area contributed by atoms with Crippen molar-refractivity contribution >= 4 is 6.08 Å². The molecule has 1 aliphatic rings. The van der Waals surface area contributed by atoms with Crippen LogP contribution in [0.25, 0.3) is 6.08 Å². The summed E-state index contributed by atoms with van der Waals surface area (Å²) >= 11 is 0. The molecule has 3 rings (SSSR count). The Morgan fingerprint density at radius 3 is 2.50 bits per heavy atom. The van der Waals surface area contributed by atoms with Crippen LogP contribution in [-0.2, 0) is 6.42 Å². The van der Waals surface area contributed by atoms with Gasteiger partial charge in [-0.1, -0.05) is 42.5 Å². The molecule has 3 nitrogen and oxygen atoms in total. The molecule has 0 amide bonds. The van der Waals surface area contributed by atoms with Gasteiger partial charge < -0.3 is 14.8 Å². The summed E-state index contributed by atoms with van der Waals surface area (Å²) in [6, 6.07) is 14.7. The fraction of sp³-hybridized carbons (Fsp3) is 0.263. The zero-order chi connectivity index (χ0) is 15.4. The minimum Gasteiger partial charge on any atom is -0.493 e. The summed E-state index contributed by atoms with van der Waals surface area (Å²) in [7, 11) is 3.35. The highest BCUT2D eigenvalue weighted by Gasteiger charge is 2.20. The summed E-state index contributed by atoms with van der Waals surface area (Å²) in [5.41, 5.74) is 3.78. The van der Waals surface area contributed by atoms with E-state index in [4.69, 9.17) is 9.47 Å². The highest BCUT2D eigenvalue weighted by atomic mass is 16.5. The number of methoxy groups -OCH3 is 2. The first-order chi connectivity index (χ1) is 10.8. The van der Waals surface area contributed by atoms with E-state index in [0.717, 1.165) is 24.5 Å². The minimum absolute atomic E-state index is 0.198. The molecule has 22 heavy (non-hydrogen) atoms. The van der Waals surface area contributed by atoms with E-state index in [1.165, 1.54) is 16.7 Å². The second-order valence-electron chi connectivity index (χ2n) is 5.36. The van der Waals surface area contributed by atoms with Crippen LogP contribution in [0.15, 0.2) is 48.5 Å². The van der Waals surface area contributed by atoms with Crippen LogP contribution in [0.3, 0.4) is 0 Å². The summed E-state index contributed by atoms with van der Waals surface area (Å²) in [6.07, 6.45) is 5.37. The predicted molar refractivity (Wildman–Crippen MR) is 89.5 cm³/mol. The normalized spacial score (nSPS) is 17.3. The highest BCUT2D eigenvalue weighted by molar-refractivity contribution is 5.54. The Balaban J connectivity index is 1.92. The number of ether oxygens (including phenoxy) is 2. The van der Waals surface area contributed by atoms with Crippen molar-refractivity contribution in [2.45, 2.75) is 12.5 Å². The first-order valence-corrected chi connectivity index (χ1v) is 7.53. The molecular weight excluding hydrogens is 274 g/mol. The fourth-order valence-corrected chi connectivity index (χ4v) is 2.86. The van der Waals surface area contributed by atoms with Gasteiger partial charge in [0.05, 0.1) is 20.3 Å². The van der Waals surface area contributed by atoms with E-state index in [-0.39, 0.29) is 6.04 Å². The van der Waals surface area contributed by atoms with Gasteiger partial charge in [0.2, 0.25) is 0 Å². The van der Waals surface area contributed by atoms with E-state index >= 15 is 0 Å². The summed E-state index contributed by atoms with van der Waals surface area (Å²) < 4.78 is 10.8. The number of hydrogen-bond acceptors (Lipinski definition) is 3. The van der Waals surface area contributed by atoms with Crippen LogP contribution in [0.5, 0.6) is 11.5 Å². The molecule has 0 saturated heterocycles. The van der Waals surface area contributed by atoms with E-state index < -0.39 is 0 Å². The Bertz CT molecular complexity index is 665. The molecule has 2 aromatic rings. The second kappa shape index (κ2) is 6.67.